The molecule has 0 aromatic heterocycles. The van der Waals surface area contributed by atoms with E-state index >= 15 is 0 Å². The predicted molar refractivity (Wildman–Crippen MR) is 31.2 cm³/mol. The fourth-order valence-corrected chi connectivity index (χ4v) is 1.05. The number of hydrogen-bond donors (Lipinski definition) is 0. The first-order valence-electron chi connectivity index (χ1n) is 2.55. The average molecular weight is 169 g/mol. The van der Waals surface area contributed by atoms with E-state index in [-0.39, 0.29) is 6.61 Å². The summed E-state index contributed by atoms with van der Waals surface area (Å²) in [6, 6.07) is 0. The molecule has 0 amide bonds. The van der Waals surface area contributed by atoms with Crippen molar-refractivity contribution < 1.29 is 17.9 Å². The molecule has 1 aliphatic rings. The Morgan fingerprint density at radius 1 is 1.50 bits per heavy atom. The Morgan fingerprint density at radius 3 is 2.50 bits per heavy atom. The summed E-state index contributed by atoms with van der Waals surface area (Å²) in [7, 11) is 0. The van der Waals surface area contributed by atoms with Gasteiger partial charge in [0.25, 0.3) is 0 Å². The second-order valence-corrected chi connectivity index (χ2v) is 2.53. The molecule has 0 aliphatic carbocycles. The second kappa shape index (κ2) is 2.74. The molecular formula is C5H4F3OS. The molecule has 1 radical (unpaired) electrons. The minimum absolute atomic E-state index is 0.118. The van der Waals surface area contributed by atoms with E-state index in [1.807, 2.05) is 5.41 Å². The van der Waals surface area contributed by atoms with Gasteiger partial charge in [0.05, 0.1) is 12.0 Å². The van der Waals surface area contributed by atoms with E-state index in [2.05, 4.69) is 4.74 Å². The minimum Gasteiger partial charge on any atom is -0.487 e. The van der Waals surface area contributed by atoms with E-state index in [9.17, 15) is 13.2 Å². The number of halogens is 3. The van der Waals surface area contributed by atoms with Crippen LogP contribution in [0.1, 0.15) is 0 Å². The first kappa shape index (κ1) is 7.78. The maximum atomic E-state index is 11.7. The molecular weight excluding hydrogens is 165 g/mol. The first-order chi connectivity index (χ1) is 4.61. The van der Waals surface area contributed by atoms with Gasteiger partial charge in [0.15, 0.2) is 0 Å². The second-order valence-electron chi connectivity index (χ2n) is 1.63. The summed E-state index contributed by atoms with van der Waals surface area (Å²) in [5.74, 6) is -0.455. The predicted octanol–water partition coefficient (Wildman–Crippen LogP) is 1.96. The van der Waals surface area contributed by atoms with Gasteiger partial charge in [-0.3, -0.25) is 0 Å². The number of thioether (sulfide) groups is 1. The zero-order valence-corrected chi connectivity index (χ0v) is 5.68. The number of rotatable bonds is 0. The van der Waals surface area contributed by atoms with Crippen LogP contribution in [0.5, 0.6) is 0 Å². The molecule has 0 spiro atoms. The molecule has 0 N–H and O–H groups in total. The molecule has 1 rings (SSSR count). The van der Waals surface area contributed by atoms with Crippen molar-refractivity contribution in [1.29, 1.82) is 0 Å². The van der Waals surface area contributed by atoms with Crippen LogP contribution in [0.15, 0.2) is 5.76 Å². The highest BCUT2D eigenvalue weighted by Crippen LogP contribution is 2.30. The molecule has 0 aromatic carbocycles. The molecule has 0 aromatic rings. The minimum atomic E-state index is -4.37. The quantitative estimate of drug-likeness (QED) is 0.548. The third-order valence-electron chi connectivity index (χ3n) is 0.854. The van der Waals surface area contributed by atoms with Crippen molar-refractivity contribution in [2.24, 2.45) is 0 Å². The lowest BCUT2D eigenvalue weighted by Crippen LogP contribution is -2.18. The number of ether oxygens (including phenoxy) is 1. The number of allylic oxidation sites excluding steroid dienone is 1. The Morgan fingerprint density at radius 2 is 2.20 bits per heavy atom. The van der Waals surface area contributed by atoms with Gasteiger partial charge >= 0.3 is 6.18 Å². The molecule has 5 heteroatoms. The normalized spacial score (nSPS) is 19.7. The van der Waals surface area contributed by atoms with Gasteiger partial charge in [-0.1, -0.05) is 0 Å². The van der Waals surface area contributed by atoms with Gasteiger partial charge in [-0.2, -0.15) is 13.2 Å². The molecule has 0 saturated carbocycles. The van der Waals surface area contributed by atoms with Crippen LogP contribution in [0, 0.1) is 5.41 Å². The Labute approximate surface area is 60.2 Å². The van der Waals surface area contributed by atoms with Gasteiger partial charge in [-0.25, -0.2) is 0 Å². The van der Waals surface area contributed by atoms with Crippen LogP contribution in [-0.2, 0) is 4.74 Å². The summed E-state index contributed by atoms with van der Waals surface area (Å²) in [5, 5.41) is 2.05. The zero-order valence-electron chi connectivity index (χ0n) is 4.86. The molecule has 0 saturated heterocycles. The highest BCUT2D eigenvalue weighted by molar-refractivity contribution is 8.01. The molecule has 0 bridgehead atoms. The van der Waals surface area contributed by atoms with Crippen LogP contribution in [0.2, 0.25) is 0 Å². The highest BCUT2D eigenvalue weighted by Gasteiger charge is 2.37. The fourth-order valence-electron chi connectivity index (χ4n) is 0.471. The Balaban J connectivity index is 2.62. The van der Waals surface area contributed by atoms with E-state index in [4.69, 9.17) is 0 Å². The summed E-state index contributed by atoms with van der Waals surface area (Å²) in [4.78, 5) is 0. The van der Waals surface area contributed by atoms with Crippen LogP contribution in [-0.4, -0.2) is 18.5 Å². The SMILES string of the molecule is FC(F)(F)C1=[C]SCCO1. The van der Waals surface area contributed by atoms with Crippen molar-refractivity contribution in [2.75, 3.05) is 12.4 Å². The van der Waals surface area contributed by atoms with Crippen molar-refractivity contribution >= 4 is 11.8 Å². The van der Waals surface area contributed by atoms with Crippen LogP contribution in [0.25, 0.3) is 0 Å². The molecule has 0 atom stereocenters. The summed E-state index contributed by atoms with van der Waals surface area (Å²) in [6.07, 6.45) is -4.37. The summed E-state index contributed by atoms with van der Waals surface area (Å²) in [6.45, 7) is 0.118. The van der Waals surface area contributed by atoms with Crippen molar-refractivity contribution in [3.63, 3.8) is 0 Å². The molecule has 1 heterocycles. The van der Waals surface area contributed by atoms with Crippen LogP contribution in [0.4, 0.5) is 13.2 Å². The van der Waals surface area contributed by atoms with Crippen molar-refractivity contribution in [2.45, 2.75) is 6.18 Å². The first-order valence-corrected chi connectivity index (χ1v) is 3.54. The largest absolute Gasteiger partial charge is 0.487 e. The Hall–Kier alpha value is -0.320. The van der Waals surface area contributed by atoms with Gasteiger partial charge in [-0.15, -0.1) is 11.8 Å². The third kappa shape index (κ3) is 1.83. The molecule has 0 fully saturated rings. The van der Waals surface area contributed by atoms with Gasteiger partial charge < -0.3 is 4.74 Å². The average Bonchev–Trinajstić information content (AvgIpc) is 1.88. The van der Waals surface area contributed by atoms with E-state index in [1.165, 1.54) is 0 Å². The number of alkyl halides is 3. The Kier molecular flexibility index (Phi) is 2.13. The monoisotopic (exact) mass is 169 g/mol. The van der Waals surface area contributed by atoms with E-state index in [1.54, 1.807) is 0 Å². The summed E-state index contributed by atoms with van der Waals surface area (Å²) in [5.41, 5.74) is 0. The van der Waals surface area contributed by atoms with Crippen molar-refractivity contribution in [3.8, 4) is 0 Å². The van der Waals surface area contributed by atoms with Crippen LogP contribution in [0.3, 0.4) is 0 Å². The zero-order chi connectivity index (χ0) is 7.61. The van der Waals surface area contributed by atoms with E-state index in [0.29, 0.717) is 5.75 Å². The van der Waals surface area contributed by atoms with Crippen molar-refractivity contribution in [1.82, 2.24) is 0 Å². The molecule has 0 unspecified atom stereocenters. The highest BCUT2D eigenvalue weighted by atomic mass is 32.2. The maximum Gasteiger partial charge on any atom is 0.450 e. The van der Waals surface area contributed by atoms with E-state index in [0.717, 1.165) is 11.8 Å². The summed E-state index contributed by atoms with van der Waals surface area (Å²) < 4.78 is 39.4. The van der Waals surface area contributed by atoms with Crippen molar-refractivity contribution in [3.05, 3.63) is 11.2 Å². The Bertz CT molecular complexity index is 151. The number of hydrogen-bond acceptors (Lipinski definition) is 2. The maximum absolute atomic E-state index is 11.7. The van der Waals surface area contributed by atoms with Crippen LogP contribution >= 0.6 is 11.8 Å². The molecule has 1 nitrogen and oxygen atoms in total. The fraction of sp³-hybridized carbons (Fsp3) is 0.600. The molecule has 1 aliphatic heterocycles. The lowest BCUT2D eigenvalue weighted by atomic mass is 10.5. The van der Waals surface area contributed by atoms with Crippen LogP contribution < -0.4 is 0 Å². The summed E-state index contributed by atoms with van der Waals surface area (Å²) >= 11 is 0.998. The van der Waals surface area contributed by atoms with Gasteiger partial charge in [0, 0.05) is 5.75 Å². The lowest BCUT2D eigenvalue weighted by molar-refractivity contribution is -0.130. The van der Waals surface area contributed by atoms with Gasteiger partial charge in [0.2, 0.25) is 5.76 Å². The molecule has 10 heavy (non-hydrogen) atoms. The smallest absolute Gasteiger partial charge is 0.450 e. The standard InChI is InChI=1S/C5H4F3OS/c6-5(7,8)4-3-10-2-1-9-4/h1-2H2. The third-order valence-corrected chi connectivity index (χ3v) is 1.55. The van der Waals surface area contributed by atoms with E-state index < -0.39 is 11.9 Å². The lowest BCUT2D eigenvalue weighted by Gasteiger charge is -2.15. The van der Waals surface area contributed by atoms with Gasteiger partial charge in [-0.05, 0) is 0 Å². The topological polar surface area (TPSA) is 9.23 Å². The van der Waals surface area contributed by atoms with Gasteiger partial charge in [0.1, 0.15) is 0 Å². The molecule has 57 valence electrons.